The number of amides is 2. The fraction of sp³-hybridized carbons (Fsp3) is 0.556. The van der Waals surface area contributed by atoms with Crippen LogP contribution < -0.4 is 10.6 Å². The van der Waals surface area contributed by atoms with Crippen LogP contribution in [-0.4, -0.2) is 41.8 Å². The van der Waals surface area contributed by atoms with Crippen molar-refractivity contribution in [2.24, 2.45) is 5.92 Å². The summed E-state index contributed by atoms with van der Waals surface area (Å²) < 4.78 is 5.54. The summed E-state index contributed by atoms with van der Waals surface area (Å²) in [5.41, 5.74) is 1.99. The number of carbonyl (C=O) groups is 1. The first kappa shape index (κ1) is 16.8. The molecule has 0 saturated carbocycles. The number of H-pyrrole nitrogens is 1. The molecule has 6 heteroatoms. The summed E-state index contributed by atoms with van der Waals surface area (Å²) in [6.07, 6.45) is 4.25. The van der Waals surface area contributed by atoms with E-state index in [1.807, 2.05) is 24.3 Å². The Labute approximate surface area is 142 Å². The number of nitrogens with zero attached hydrogens (tertiary/aromatic N) is 1. The first-order valence-electron chi connectivity index (χ1n) is 8.77. The van der Waals surface area contributed by atoms with Gasteiger partial charge in [-0.25, -0.2) is 9.78 Å². The highest BCUT2D eigenvalue weighted by atomic mass is 16.5. The van der Waals surface area contributed by atoms with E-state index in [2.05, 4.69) is 27.5 Å². The molecule has 1 saturated heterocycles. The predicted molar refractivity (Wildman–Crippen MR) is 94.0 cm³/mol. The van der Waals surface area contributed by atoms with Gasteiger partial charge in [0.2, 0.25) is 0 Å². The van der Waals surface area contributed by atoms with Gasteiger partial charge in [-0.05, 0) is 44.2 Å². The van der Waals surface area contributed by atoms with Gasteiger partial charge in [0.15, 0.2) is 0 Å². The van der Waals surface area contributed by atoms with Crippen molar-refractivity contribution in [3.63, 3.8) is 0 Å². The van der Waals surface area contributed by atoms with Crippen molar-refractivity contribution >= 4 is 17.1 Å². The van der Waals surface area contributed by atoms with Gasteiger partial charge in [-0.2, -0.15) is 0 Å². The second-order valence-corrected chi connectivity index (χ2v) is 6.49. The Morgan fingerprint density at radius 1 is 1.33 bits per heavy atom. The summed E-state index contributed by atoms with van der Waals surface area (Å²) in [6.45, 7) is 4.24. The third-order valence-corrected chi connectivity index (χ3v) is 4.52. The summed E-state index contributed by atoms with van der Waals surface area (Å²) in [5.74, 6) is 1.55. The van der Waals surface area contributed by atoms with Crippen LogP contribution in [0.1, 0.15) is 32.0 Å². The minimum atomic E-state index is -0.105. The molecule has 2 amide bonds. The van der Waals surface area contributed by atoms with E-state index in [-0.39, 0.29) is 6.03 Å². The van der Waals surface area contributed by atoms with Gasteiger partial charge in [0.25, 0.3) is 0 Å². The topological polar surface area (TPSA) is 79.0 Å². The highest BCUT2D eigenvalue weighted by Crippen LogP contribution is 2.22. The lowest BCUT2D eigenvalue weighted by Crippen LogP contribution is -2.38. The first-order valence-corrected chi connectivity index (χ1v) is 8.77. The van der Waals surface area contributed by atoms with Crippen LogP contribution in [-0.2, 0) is 11.2 Å². The monoisotopic (exact) mass is 330 g/mol. The third-order valence-electron chi connectivity index (χ3n) is 4.52. The van der Waals surface area contributed by atoms with Crippen molar-refractivity contribution < 1.29 is 9.53 Å². The normalized spacial score (nSPS) is 20.9. The van der Waals surface area contributed by atoms with Crippen molar-refractivity contribution in [3.8, 4) is 0 Å². The number of rotatable bonds is 6. The molecule has 1 aromatic carbocycles. The molecule has 1 aliphatic rings. The fourth-order valence-corrected chi connectivity index (χ4v) is 3.22. The van der Waals surface area contributed by atoms with Crippen molar-refractivity contribution in [1.29, 1.82) is 0 Å². The lowest BCUT2D eigenvalue weighted by molar-refractivity contribution is 0.00117. The first-order chi connectivity index (χ1) is 11.7. The summed E-state index contributed by atoms with van der Waals surface area (Å²) in [6, 6.07) is 7.83. The van der Waals surface area contributed by atoms with E-state index < -0.39 is 0 Å². The minimum Gasteiger partial charge on any atom is -0.378 e. The number of nitrogens with one attached hydrogen (secondary N) is 3. The molecule has 6 nitrogen and oxygen atoms in total. The smallest absolute Gasteiger partial charge is 0.314 e. The molecule has 0 spiro atoms. The molecule has 2 heterocycles. The van der Waals surface area contributed by atoms with Crippen molar-refractivity contribution in [2.45, 2.75) is 38.7 Å². The maximum atomic E-state index is 11.8. The summed E-state index contributed by atoms with van der Waals surface area (Å²) in [7, 11) is 0. The van der Waals surface area contributed by atoms with Crippen LogP contribution in [0, 0.1) is 5.92 Å². The average molecular weight is 330 g/mol. The largest absolute Gasteiger partial charge is 0.378 e. The summed E-state index contributed by atoms with van der Waals surface area (Å²) in [5, 5.41) is 5.82. The third kappa shape index (κ3) is 4.71. The lowest BCUT2D eigenvalue weighted by Gasteiger charge is -2.27. The Kier molecular flexibility index (Phi) is 5.69. The van der Waals surface area contributed by atoms with Crippen LogP contribution in [0.3, 0.4) is 0 Å². The van der Waals surface area contributed by atoms with E-state index in [0.29, 0.717) is 31.5 Å². The van der Waals surface area contributed by atoms with Crippen molar-refractivity contribution in [3.05, 3.63) is 30.1 Å². The molecule has 0 bridgehead atoms. The van der Waals surface area contributed by atoms with Gasteiger partial charge in [0.05, 0.1) is 17.1 Å². The zero-order chi connectivity index (χ0) is 16.8. The number of carbonyl (C=O) groups excluding carboxylic acids is 1. The number of imidazole rings is 1. The van der Waals surface area contributed by atoms with Crippen LogP contribution in [0.15, 0.2) is 24.3 Å². The molecular weight excluding hydrogens is 304 g/mol. The van der Waals surface area contributed by atoms with E-state index in [1.165, 1.54) is 0 Å². The highest BCUT2D eigenvalue weighted by molar-refractivity contribution is 5.75. The number of benzene rings is 1. The Hall–Kier alpha value is -2.08. The second kappa shape index (κ2) is 8.15. The molecule has 0 aliphatic carbocycles. The Morgan fingerprint density at radius 2 is 2.17 bits per heavy atom. The summed E-state index contributed by atoms with van der Waals surface area (Å²) >= 11 is 0. The molecule has 3 N–H and O–H groups in total. The molecule has 2 atom stereocenters. The molecular formula is C18H26N4O2. The van der Waals surface area contributed by atoms with Crippen LogP contribution >= 0.6 is 0 Å². The van der Waals surface area contributed by atoms with E-state index in [4.69, 9.17) is 4.74 Å². The van der Waals surface area contributed by atoms with Gasteiger partial charge in [0, 0.05) is 26.1 Å². The van der Waals surface area contributed by atoms with E-state index in [0.717, 1.165) is 42.7 Å². The van der Waals surface area contributed by atoms with Gasteiger partial charge >= 0.3 is 6.03 Å². The number of hydrogen-bond donors (Lipinski definition) is 3. The number of hydrogen-bond acceptors (Lipinski definition) is 3. The van der Waals surface area contributed by atoms with Gasteiger partial charge in [0.1, 0.15) is 5.82 Å². The molecule has 0 unspecified atom stereocenters. The molecule has 1 aromatic heterocycles. The Balaban J connectivity index is 1.32. The molecule has 130 valence electrons. The van der Waals surface area contributed by atoms with Gasteiger partial charge in [-0.15, -0.1) is 0 Å². The predicted octanol–water partition coefficient (Wildman–Crippen LogP) is 2.61. The number of ether oxygens (including phenoxy) is 1. The van der Waals surface area contributed by atoms with Crippen LogP contribution in [0.4, 0.5) is 4.79 Å². The highest BCUT2D eigenvalue weighted by Gasteiger charge is 2.18. The van der Waals surface area contributed by atoms with Crippen LogP contribution in [0.2, 0.25) is 0 Å². The number of aromatic nitrogens is 2. The SMILES string of the molecule is C[C@H]1C[C@H](CCNC(=O)NCCc2nc3ccccc3[nH]2)CCO1. The number of para-hydroxylation sites is 2. The maximum Gasteiger partial charge on any atom is 0.314 e. The zero-order valence-corrected chi connectivity index (χ0v) is 14.2. The molecule has 2 aromatic rings. The number of aromatic amines is 1. The van der Waals surface area contributed by atoms with E-state index in [9.17, 15) is 4.79 Å². The molecule has 24 heavy (non-hydrogen) atoms. The minimum absolute atomic E-state index is 0.105. The Bertz CT molecular complexity index is 637. The molecule has 3 rings (SSSR count). The van der Waals surface area contributed by atoms with E-state index in [1.54, 1.807) is 0 Å². The van der Waals surface area contributed by atoms with Gasteiger partial charge in [-0.1, -0.05) is 12.1 Å². The molecule has 1 aliphatic heterocycles. The van der Waals surface area contributed by atoms with Crippen LogP contribution in [0.25, 0.3) is 11.0 Å². The molecule has 1 fully saturated rings. The van der Waals surface area contributed by atoms with Crippen LogP contribution in [0.5, 0.6) is 0 Å². The quantitative estimate of drug-likeness (QED) is 0.762. The maximum absolute atomic E-state index is 11.8. The van der Waals surface area contributed by atoms with Crippen molar-refractivity contribution in [1.82, 2.24) is 20.6 Å². The van der Waals surface area contributed by atoms with E-state index >= 15 is 0 Å². The molecule has 0 radical (unpaired) electrons. The van der Waals surface area contributed by atoms with Crippen molar-refractivity contribution in [2.75, 3.05) is 19.7 Å². The number of urea groups is 1. The standard InChI is InChI=1S/C18H26N4O2/c1-13-12-14(8-11-24-13)6-9-19-18(23)20-10-7-17-21-15-4-2-3-5-16(15)22-17/h2-5,13-14H,6-12H2,1H3,(H,21,22)(H2,19,20,23)/t13-,14+/m0/s1. The fourth-order valence-electron chi connectivity index (χ4n) is 3.22. The lowest BCUT2D eigenvalue weighted by atomic mass is 9.93. The summed E-state index contributed by atoms with van der Waals surface area (Å²) in [4.78, 5) is 19.6. The van der Waals surface area contributed by atoms with Gasteiger partial charge < -0.3 is 20.4 Å². The number of fused-ring (bicyclic) bond motifs is 1. The second-order valence-electron chi connectivity index (χ2n) is 6.49. The average Bonchev–Trinajstić information content (AvgIpc) is 2.97. The zero-order valence-electron chi connectivity index (χ0n) is 14.2. The Morgan fingerprint density at radius 3 is 3.00 bits per heavy atom. The van der Waals surface area contributed by atoms with Gasteiger partial charge in [-0.3, -0.25) is 0 Å².